The van der Waals surface area contributed by atoms with E-state index in [0.29, 0.717) is 6.10 Å². The molecule has 2 heterocycles. The highest BCUT2D eigenvalue weighted by atomic mass is 19.1. The van der Waals surface area contributed by atoms with Gasteiger partial charge in [-0.3, -0.25) is 4.90 Å². The van der Waals surface area contributed by atoms with Crippen LogP contribution in [-0.4, -0.2) is 34.1 Å². The summed E-state index contributed by atoms with van der Waals surface area (Å²) in [6.07, 6.45) is 6.13. The van der Waals surface area contributed by atoms with Crippen molar-refractivity contribution in [1.29, 1.82) is 0 Å². The average molecular weight is 289 g/mol. The van der Waals surface area contributed by atoms with Gasteiger partial charge in [0.2, 0.25) is 0 Å². The minimum atomic E-state index is -0.199. The van der Waals surface area contributed by atoms with Crippen molar-refractivity contribution in [1.82, 2.24) is 14.9 Å². The van der Waals surface area contributed by atoms with E-state index in [9.17, 15) is 4.39 Å². The van der Waals surface area contributed by atoms with E-state index in [-0.39, 0.29) is 5.82 Å². The molecule has 5 heteroatoms. The van der Waals surface area contributed by atoms with Gasteiger partial charge in [0.25, 0.3) is 0 Å². The van der Waals surface area contributed by atoms with Crippen LogP contribution in [0.4, 0.5) is 4.39 Å². The number of imidazole rings is 1. The zero-order valence-electron chi connectivity index (χ0n) is 12.0. The summed E-state index contributed by atoms with van der Waals surface area (Å²) in [5, 5.41) is 0. The Labute approximate surface area is 124 Å². The van der Waals surface area contributed by atoms with Gasteiger partial charge in [-0.05, 0) is 30.5 Å². The molecule has 1 aliphatic rings. The number of H-pyrrole nitrogens is 1. The minimum absolute atomic E-state index is 0.199. The highest BCUT2D eigenvalue weighted by Gasteiger charge is 2.20. The Bertz CT molecular complexity index is 535. The van der Waals surface area contributed by atoms with Gasteiger partial charge in [-0.2, -0.15) is 0 Å². The van der Waals surface area contributed by atoms with Crippen LogP contribution >= 0.6 is 0 Å². The van der Waals surface area contributed by atoms with Crippen molar-refractivity contribution in [3.05, 3.63) is 53.9 Å². The summed E-state index contributed by atoms with van der Waals surface area (Å²) in [5.74, 6) is 0.741. The summed E-state index contributed by atoms with van der Waals surface area (Å²) >= 11 is 0. The first-order valence-electron chi connectivity index (χ1n) is 7.36. The number of aromatic amines is 1. The van der Waals surface area contributed by atoms with Crippen LogP contribution in [0.2, 0.25) is 0 Å². The molecule has 1 saturated heterocycles. The smallest absolute Gasteiger partial charge is 0.123 e. The van der Waals surface area contributed by atoms with Crippen LogP contribution in [0, 0.1) is 5.82 Å². The van der Waals surface area contributed by atoms with Crippen molar-refractivity contribution in [3.8, 4) is 0 Å². The molecule has 0 radical (unpaired) electrons. The molecule has 0 bridgehead atoms. The van der Waals surface area contributed by atoms with Crippen LogP contribution in [0.25, 0.3) is 0 Å². The van der Waals surface area contributed by atoms with Crippen LogP contribution in [-0.2, 0) is 17.8 Å². The fourth-order valence-corrected chi connectivity index (χ4v) is 2.71. The zero-order valence-corrected chi connectivity index (χ0v) is 12.0. The predicted molar refractivity (Wildman–Crippen MR) is 78.1 cm³/mol. The Balaban J connectivity index is 1.66. The van der Waals surface area contributed by atoms with Gasteiger partial charge in [-0.1, -0.05) is 12.1 Å². The molecular formula is C16H20FN3O. The largest absolute Gasteiger partial charge is 0.377 e. The number of ether oxygens (including phenoxy) is 1. The van der Waals surface area contributed by atoms with Gasteiger partial charge < -0.3 is 9.72 Å². The van der Waals surface area contributed by atoms with Gasteiger partial charge in [0.15, 0.2) is 0 Å². The number of rotatable bonds is 6. The number of halogens is 1. The molecule has 0 unspecified atom stereocenters. The molecule has 1 atom stereocenters. The maximum atomic E-state index is 13.0. The van der Waals surface area contributed by atoms with Crippen molar-refractivity contribution >= 4 is 0 Å². The van der Waals surface area contributed by atoms with E-state index in [1.165, 1.54) is 12.1 Å². The molecule has 21 heavy (non-hydrogen) atoms. The van der Waals surface area contributed by atoms with E-state index >= 15 is 0 Å². The van der Waals surface area contributed by atoms with Crippen molar-refractivity contribution in [2.24, 2.45) is 0 Å². The predicted octanol–water partition coefficient (Wildman–Crippen LogP) is 2.73. The van der Waals surface area contributed by atoms with Gasteiger partial charge >= 0.3 is 0 Å². The molecular weight excluding hydrogens is 269 g/mol. The normalized spacial score (nSPS) is 18.5. The van der Waals surface area contributed by atoms with E-state index < -0.39 is 0 Å². The monoisotopic (exact) mass is 289 g/mol. The van der Waals surface area contributed by atoms with E-state index in [4.69, 9.17) is 4.74 Å². The lowest BCUT2D eigenvalue weighted by atomic mass is 10.2. The number of benzene rings is 1. The van der Waals surface area contributed by atoms with Gasteiger partial charge in [-0.25, -0.2) is 9.37 Å². The molecule has 1 aromatic heterocycles. The molecule has 0 spiro atoms. The Morgan fingerprint density at radius 2 is 2.14 bits per heavy atom. The van der Waals surface area contributed by atoms with E-state index in [1.807, 2.05) is 18.3 Å². The molecule has 1 N–H and O–H groups in total. The summed E-state index contributed by atoms with van der Waals surface area (Å²) in [5.41, 5.74) is 1.10. The van der Waals surface area contributed by atoms with Crippen LogP contribution in [0.5, 0.6) is 0 Å². The molecule has 1 fully saturated rings. The standard InChI is InChI=1S/C16H20FN3O/c17-14-5-3-13(4-6-14)10-20(11-15-2-1-9-21-15)12-16-18-7-8-19-16/h3-8,15H,1-2,9-12H2,(H,18,19)/t15-/m0/s1. The lowest BCUT2D eigenvalue weighted by Crippen LogP contribution is -2.31. The highest BCUT2D eigenvalue weighted by Crippen LogP contribution is 2.16. The van der Waals surface area contributed by atoms with Crippen LogP contribution < -0.4 is 0 Å². The number of aromatic nitrogens is 2. The summed E-state index contributed by atoms with van der Waals surface area (Å²) in [6, 6.07) is 6.68. The first-order chi connectivity index (χ1) is 10.3. The molecule has 2 aromatic rings. The van der Waals surface area contributed by atoms with Gasteiger partial charge in [-0.15, -0.1) is 0 Å². The Hall–Kier alpha value is -1.72. The molecule has 0 amide bonds. The summed E-state index contributed by atoms with van der Waals surface area (Å²) in [4.78, 5) is 9.72. The third-order valence-corrected chi connectivity index (χ3v) is 3.73. The van der Waals surface area contributed by atoms with E-state index in [0.717, 1.165) is 50.5 Å². The molecule has 3 rings (SSSR count). The van der Waals surface area contributed by atoms with E-state index in [1.54, 1.807) is 6.20 Å². The Kier molecular flexibility index (Phi) is 4.62. The van der Waals surface area contributed by atoms with Crippen LogP contribution in [0.3, 0.4) is 0 Å². The number of hydrogen-bond acceptors (Lipinski definition) is 3. The molecule has 4 nitrogen and oxygen atoms in total. The first-order valence-corrected chi connectivity index (χ1v) is 7.36. The van der Waals surface area contributed by atoms with Crippen molar-refractivity contribution in [2.75, 3.05) is 13.2 Å². The second-order valence-corrected chi connectivity index (χ2v) is 5.47. The summed E-state index contributed by atoms with van der Waals surface area (Å²) in [6.45, 7) is 3.24. The van der Waals surface area contributed by atoms with Gasteiger partial charge in [0.1, 0.15) is 11.6 Å². The molecule has 0 aliphatic carbocycles. The van der Waals surface area contributed by atoms with Crippen molar-refractivity contribution in [3.63, 3.8) is 0 Å². The fraction of sp³-hybridized carbons (Fsp3) is 0.438. The van der Waals surface area contributed by atoms with Gasteiger partial charge in [0.05, 0.1) is 12.6 Å². The summed E-state index contributed by atoms with van der Waals surface area (Å²) < 4.78 is 18.7. The molecule has 1 aliphatic heterocycles. The Morgan fingerprint density at radius 3 is 2.81 bits per heavy atom. The third-order valence-electron chi connectivity index (χ3n) is 3.73. The van der Waals surface area contributed by atoms with Crippen molar-refractivity contribution < 1.29 is 9.13 Å². The maximum absolute atomic E-state index is 13.0. The highest BCUT2D eigenvalue weighted by molar-refractivity contribution is 5.16. The summed E-state index contributed by atoms with van der Waals surface area (Å²) in [7, 11) is 0. The topological polar surface area (TPSA) is 41.2 Å². The number of nitrogens with zero attached hydrogens (tertiary/aromatic N) is 2. The number of hydrogen-bond donors (Lipinski definition) is 1. The quantitative estimate of drug-likeness (QED) is 0.889. The first kappa shape index (κ1) is 14.2. The average Bonchev–Trinajstić information content (AvgIpc) is 3.15. The van der Waals surface area contributed by atoms with Crippen molar-refractivity contribution in [2.45, 2.75) is 32.0 Å². The molecule has 1 aromatic carbocycles. The Morgan fingerprint density at radius 1 is 1.29 bits per heavy atom. The molecule has 112 valence electrons. The lowest BCUT2D eigenvalue weighted by Gasteiger charge is -2.24. The number of nitrogens with one attached hydrogen (secondary N) is 1. The van der Waals surface area contributed by atoms with Crippen LogP contribution in [0.15, 0.2) is 36.7 Å². The van der Waals surface area contributed by atoms with Crippen LogP contribution in [0.1, 0.15) is 24.2 Å². The fourth-order valence-electron chi connectivity index (χ4n) is 2.71. The minimum Gasteiger partial charge on any atom is -0.377 e. The second-order valence-electron chi connectivity index (χ2n) is 5.47. The second kappa shape index (κ2) is 6.83. The van der Waals surface area contributed by atoms with Gasteiger partial charge in [0, 0.05) is 32.1 Å². The lowest BCUT2D eigenvalue weighted by molar-refractivity contribution is 0.0671. The maximum Gasteiger partial charge on any atom is 0.123 e. The SMILES string of the molecule is Fc1ccc(CN(Cc2ncc[nH]2)C[C@@H]2CCCO2)cc1. The zero-order chi connectivity index (χ0) is 14.5. The molecule has 0 saturated carbocycles. The van der Waals surface area contributed by atoms with E-state index in [2.05, 4.69) is 14.9 Å². The third kappa shape index (κ3) is 4.12.